The number of aliphatic hydroxyl groups is 1. The van der Waals surface area contributed by atoms with Gasteiger partial charge in [-0.1, -0.05) is 59.7 Å². The number of hydrogen-bond acceptors (Lipinski definition) is 6. The Balaban J connectivity index is 1.70. The van der Waals surface area contributed by atoms with Crippen molar-refractivity contribution < 1.29 is 23.8 Å². The minimum atomic E-state index is -1.06. The molecule has 37 heavy (non-hydrogen) atoms. The van der Waals surface area contributed by atoms with Gasteiger partial charge in [0, 0.05) is 5.56 Å². The van der Waals surface area contributed by atoms with Gasteiger partial charge in [0.05, 0.1) is 38.5 Å². The molecule has 1 atom stereocenters. The zero-order valence-corrected chi connectivity index (χ0v) is 21.7. The number of halogens is 3. The van der Waals surface area contributed by atoms with E-state index in [0.717, 1.165) is 17.8 Å². The number of thiazole rings is 1. The first-order valence-electron chi connectivity index (χ1n) is 11.3. The van der Waals surface area contributed by atoms with Gasteiger partial charge in [-0.15, -0.1) is 0 Å². The lowest BCUT2D eigenvalue weighted by atomic mass is 9.95. The second kappa shape index (κ2) is 10.1. The number of benzene rings is 3. The van der Waals surface area contributed by atoms with Crippen LogP contribution in [0.2, 0.25) is 10.0 Å². The number of Topliss-reactive ketones (excluding diaryl/α,β-unsaturated/α-hetero) is 1. The Morgan fingerprint density at radius 1 is 1.11 bits per heavy atom. The maximum atomic E-state index is 13.8. The molecule has 1 saturated heterocycles. The number of amides is 1. The molecule has 0 aliphatic carbocycles. The molecule has 10 heteroatoms. The van der Waals surface area contributed by atoms with Crippen LogP contribution < -0.4 is 9.64 Å². The maximum Gasteiger partial charge on any atom is 0.301 e. The molecule has 4 aromatic rings. The second-order valence-electron chi connectivity index (χ2n) is 8.33. The van der Waals surface area contributed by atoms with Crippen molar-refractivity contribution in [2.75, 3.05) is 11.5 Å². The number of aliphatic hydroxyl groups excluding tert-OH is 1. The minimum absolute atomic E-state index is 0.138. The fraction of sp³-hybridized carbons (Fsp3) is 0.148. The summed E-state index contributed by atoms with van der Waals surface area (Å²) in [6.07, 6.45) is 0.796. The van der Waals surface area contributed by atoms with Gasteiger partial charge in [-0.25, -0.2) is 9.37 Å². The Hall–Kier alpha value is -3.46. The predicted molar refractivity (Wildman–Crippen MR) is 143 cm³/mol. The lowest BCUT2D eigenvalue weighted by Crippen LogP contribution is -2.29. The third-order valence-corrected chi connectivity index (χ3v) is 7.59. The van der Waals surface area contributed by atoms with Crippen LogP contribution in [0.3, 0.4) is 0 Å². The van der Waals surface area contributed by atoms with E-state index >= 15 is 0 Å². The van der Waals surface area contributed by atoms with Crippen molar-refractivity contribution in [3.8, 4) is 5.75 Å². The first-order chi connectivity index (χ1) is 17.8. The summed E-state index contributed by atoms with van der Waals surface area (Å²) < 4.78 is 20.0. The quantitative estimate of drug-likeness (QED) is 0.155. The normalized spacial score (nSPS) is 17.1. The van der Waals surface area contributed by atoms with Gasteiger partial charge in [0.1, 0.15) is 17.3 Å². The molecule has 1 amide bonds. The smallest absolute Gasteiger partial charge is 0.301 e. The van der Waals surface area contributed by atoms with E-state index < -0.39 is 23.5 Å². The molecule has 2 heterocycles. The summed E-state index contributed by atoms with van der Waals surface area (Å²) in [5.41, 5.74) is 1.08. The molecule has 0 bridgehead atoms. The van der Waals surface area contributed by atoms with Crippen molar-refractivity contribution in [1.82, 2.24) is 4.98 Å². The Kier molecular flexibility index (Phi) is 6.90. The number of anilines is 1. The summed E-state index contributed by atoms with van der Waals surface area (Å²) in [4.78, 5) is 32.4. The molecule has 1 fully saturated rings. The van der Waals surface area contributed by atoms with Crippen LogP contribution in [-0.2, 0) is 9.59 Å². The highest BCUT2D eigenvalue weighted by atomic mass is 35.5. The van der Waals surface area contributed by atoms with E-state index in [-0.39, 0.29) is 21.5 Å². The molecule has 1 aliphatic rings. The molecule has 6 nitrogen and oxygen atoms in total. The summed E-state index contributed by atoms with van der Waals surface area (Å²) in [5.74, 6) is -2.07. The molecular weight excluding hydrogens is 538 g/mol. The molecule has 0 saturated carbocycles. The fourth-order valence-electron chi connectivity index (χ4n) is 4.13. The van der Waals surface area contributed by atoms with Crippen LogP contribution in [0.1, 0.15) is 30.5 Å². The average molecular weight is 557 g/mol. The van der Waals surface area contributed by atoms with E-state index in [4.69, 9.17) is 27.9 Å². The van der Waals surface area contributed by atoms with Gasteiger partial charge >= 0.3 is 5.91 Å². The zero-order chi connectivity index (χ0) is 26.3. The number of carbonyl (C=O) groups is 2. The molecule has 3 aromatic carbocycles. The van der Waals surface area contributed by atoms with Gasteiger partial charge in [-0.3, -0.25) is 14.5 Å². The number of aromatic nitrogens is 1. The maximum absolute atomic E-state index is 13.8. The fourth-order valence-corrected chi connectivity index (χ4v) is 5.45. The summed E-state index contributed by atoms with van der Waals surface area (Å²) in [5, 5.41) is 12.0. The van der Waals surface area contributed by atoms with Gasteiger partial charge in [-0.05, 0) is 54.4 Å². The molecule has 5 rings (SSSR count). The Bertz CT molecular complexity index is 1590. The van der Waals surface area contributed by atoms with Crippen LogP contribution in [0.4, 0.5) is 9.52 Å². The van der Waals surface area contributed by atoms with Crippen LogP contribution in [0.25, 0.3) is 16.0 Å². The SMILES string of the molecule is CCCOc1cccc(C(O)=C2C(=O)C(=O)N(c3nc4ccc(F)cc4s3)C2c2ccc(Cl)c(Cl)c2)c1. The molecular formula is C27H19Cl2FN2O4S. The van der Waals surface area contributed by atoms with Crippen LogP contribution in [0.15, 0.2) is 66.2 Å². The van der Waals surface area contributed by atoms with E-state index in [1.807, 2.05) is 6.92 Å². The lowest BCUT2D eigenvalue weighted by molar-refractivity contribution is -0.132. The lowest BCUT2D eigenvalue weighted by Gasteiger charge is -2.23. The highest BCUT2D eigenvalue weighted by Gasteiger charge is 2.48. The Morgan fingerprint density at radius 2 is 1.92 bits per heavy atom. The standard InChI is InChI=1S/C27H19Cl2FN2O4S/c1-2-10-36-17-5-3-4-15(11-17)24(33)22-23(14-6-8-18(28)19(29)12-14)32(26(35)25(22)34)27-31-20-9-7-16(30)13-21(20)37-27/h3-9,11-13,23,33H,2,10H2,1H3. The zero-order valence-electron chi connectivity index (χ0n) is 19.4. The third-order valence-electron chi connectivity index (χ3n) is 5.83. The van der Waals surface area contributed by atoms with E-state index in [1.165, 1.54) is 29.2 Å². The Morgan fingerprint density at radius 3 is 2.68 bits per heavy atom. The van der Waals surface area contributed by atoms with E-state index in [1.54, 1.807) is 36.4 Å². The number of ketones is 1. The first-order valence-corrected chi connectivity index (χ1v) is 12.9. The summed E-state index contributed by atoms with van der Waals surface area (Å²) in [7, 11) is 0. The molecule has 188 valence electrons. The van der Waals surface area contributed by atoms with Crippen molar-refractivity contribution in [1.29, 1.82) is 0 Å². The molecule has 1 aromatic heterocycles. The van der Waals surface area contributed by atoms with Gasteiger partial charge in [-0.2, -0.15) is 0 Å². The van der Waals surface area contributed by atoms with Crippen molar-refractivity contribution in [3.05, 3.63) is 93.2 Å². The second-order valence-corrected chi connectivity index (χ2v) is 10.2. The van der Waals surface area contributed by atoms with E-state index in [9.17, 15) is 19.1 Å². The van der Waals surface area contributed by atoms with Crippen LogP contribution >= 0.6 is 34.5 Å². The van der Waals surface area contributed by atoms with Crippen molar-refractivity contribution in [2.45, 2.75) is 19.4 Å². The number of rotatable bonds is 6. The molecule has 0 spiro atoms. The van der Waals surface area contributed by atoms with Gasteiger partial charge in [0.15, 0.2) is 5.13 Å². The van der Waals surface area contributed by atoms with Crippen molar-refractivity contribution >= 4 is 67.3 Å². The van der Waals surface area contributed by atoms with E-state index in [0.29, 0.717) is 38.7 Å². The monoisotopic (exact) mass is 556 g/mol. The molecule has 1 N–H and O–H groups in total. The average Bonchev–Trinajstić information content (AvgIpc) is 3.41. The third kappa shape index (κ3) is 4.68. The number of fused-ring (bicyclic) bond motifs is 1. The molecule has 1 aliphatic heterocycles. The summed E-state index contributed by atoms with van der Waals surface area (Å²) >= 11 is 13.5. The number of carbonyl (C=O) groups excluding carboxylic acids is 2. The van der Waals surface area contributed by atoms with Gasteiger partial charge in [0.2, 0.25) is 0 Å². The number of nitrogens with zero attached hydrogens (tertiary/aromatic N) is 2. The highest BCUT2D eigenvalue weighted by molar-refractivity contribution is 7.22. The minimum Gasteiger partial charge on any atom is -0.507 e. The topological polar surface area (TPSA) is 79.7 Å². The van der Waals surface area contributed by atoms with Crippen molar-refractivity contribution in [2.24, 2.45) is 0 Å². The molecule has 1 unspecified atom stereocenters. The largest absolute Gasteiger partial charge is 0.507 e. The summed E-state index contributed by atoms with van der Waals surface area (Å²) in [6.45, 7) is 2.45. The van der Waals surface area contributed by atoms with Crippen LogP contribution in [0.5, 0.6) is 5.75 Å². The van der Waals surface area contributed by atoms with Crippen LogP contribution in [-0.4, -0.2) is 28.4 Å². The van der Waals surface area contributed by atoms with E-state index in [2.05, 4.69) is 4.98 Å². The van der Waals surface area contributed by atoms with Gasteiger partial charge < -0.3 is 9.84 Å². The first kappa shape index (κ1) is 25.2. The van der Waals surface area contributed by atoms with Gasteiger partial charge in [0.25, 0.3) is 5.78 Å². The summed E-state index contributed by atoms with van der Waals surface area (Å²) in [6, 6.07) is 14.4. The molecule has 0 radical (unpaired) electrons. The number of hydrogen-bond donors (Lipinski definition) is 1. The highest BCUT2D eigenvalue weighted by Crippen LogP contribution is 2.45. The van der Waals surface area contributed by atoms with Crippen molar-refractivity contribution in [3.63, 3.8) is 0 Å². The Labute approximate surface area is 225 Å². The van der Waals surface area contributed by atoms with Crippen LogP contribution in [0, 0.1) is 5.82 Å². The number of ether oxygens (including phenoxy) is 1. The predicted octanol–water partition coefficient (Wildman–Crippen LogP) is 7.16.